The van der Waals surface area contributed by atoms with E-state index in [0.717, 1.165) is 28.1 Å². The van der Waals surface area contributed by atoms with Crippen molar-refractivity contribution < 1.29 is 5.11 Å². The summed E-state index contributed by atoms with van der Waals surface area (Å²) >= 11 is 0. The Morgan fingerprint density at radius 3 is 2.78 bits per heavy atom. The summed E-state index contributed by atoms with van der Waals surface area (Å²) < 4.78 is 1.97. The van der Waals surface area contributed by atoms with Crippen LogP contribution in [0.2, 0.25) is 0 Å². The van der Waals surface area contributed by atoms with E-state index in [1.54, 1.807) is 6.33 Å². The quantitative estimate of drug-likeness (QED) is 0.397. The highest BCUT2D eigenvalue weighted by molar-refractivity contribution is 5.85. The molecule has 9 heteroatoms. The molecule has 0 unspecified atom stereocenters. The number of hydrogen-bond donors (Lipinski definition) is 3. The van der Waals surface area contributed by atoms with Crippen molar-refractivity contribution >= 4 is 34.0 Å². The number of nitrogens with zero attached hydrogens (tertiary/aromatic N) is 6. The predicted molar refractivity (Wildman–Crippen MR) is 123 cm³/mol. The van der Waals surface area contributed by atoms with Crippen LogP contribution in [-0.2, 0) is 6.54 Å². The molecule has 0 spiro atoms. The first-order chi connectivity index (χ1) is 15.6. The molecule has 1 fully saturated rings. The van der Waals surface area contributed by atoms with Crippen LogP contribution in [0.1, 0.15) is 11.4 Å². The number of aromatic nitrogens is 6. The number of H-pyrrole nitrogens is 1. The third-order valence-electron chi connectivity index (χ3n) is 5.67. The number of anilines is 2. The molecule has 32 heavy (non-hydrogen) atoms. The van der Waals surface area contributed by atoms with E-state index in [1.165, 1.54) is 0 Å². The zero-order chi connectivity index (χ0) is 21.7. The van der Waals surface area contributed by atoms with Crippen LogP contribution in [0.3, 0.4) is 0 Å². The van der Waals surface area contributed by atoms with E-state index in [0.29, 0.717) is 42.6 Å². The number of imidazole rings is 2. The van der Waals surface area contributed by atoms with E-state index >= 15 is 0 Å². The summed E-state index contributed by atoms with van der Waals surface area (Å²) in [4.78, 5) is 24.1. The van der Waals surface area contributed by atoms with Crippen molar-refractivity contribution in [3.05, 3.63) is 66.2 Å². The fourth-order valence-electron chi connectivity index (χ4n) is 4.00. The number of para-hydroxylation sites is 2. The Bertz CT molecular complexity index is 1400. The van der Waals surface area contributed by atoms with Crippen LogP contribution in [0.25, 0.3) is 27.9 Å². The molecule has 3 aromatic heterocycles. The van der Waals surface area contributed by atoms with Gasteiger partial charge in [-0.15, -0.1) is 0 Å². The highest BCUT2D eigenvalue weighted by atomic mass is 16.3. The Kier molecular flexibility index (Phi) is 4.29. The van der Waals surface area contributed by atoms with Gasteiger partial charge in [-0.2, -0.15) is 9.97 Å². The number of aliphatic hydroxyl groups is 1. The van der Waals surface area contributed by atoms with Crippen LogP contribution >= 0.6 is 0 Å². The summed E-state index contributed by atoms with van der Waals surface area (Å²) in [6.45, 7) is 3.57. The van der Waals surface area contributed by atoms with Crippen LogP contribution in [0, 0.1) is 6.92 Å². The standard InChI is InChI=1S/C23H22N8O/c1-14-5-4-6-15(9-14)31-13-25-20-21(28-23(29-22(20)31)30-11-16(32)12-30)24-10-19-26-17-7-2-3-8-18(17)27-19/h2-9,13,16,32H,10-12H2,1H3,(H,26,27)(H,24,28,29). The fourth-order valence-corrected chi connectivity index (χ4v) is 4.00. The average Bonchev–Trinajstić information content (AvgIpc) is 3.39. The molecule has 5 aromatic rings. The molecule has 4 heterocycles. The normalized spacial score (nSPS) is 14.2. The van der Waals surface area contributed by atoms with Crippen molar-refractivity contribution in [3.63, 3.8) is 0 Å². The first-order valence-corrected chi connectivity index (χ1v) is 10.6. The Morgan fingerprint density at radius 2 is 1.97 bits per heavy atom. The summed E-state index contributed by atoms with van der Waals surface area (Å²) in [7, 11) is 0. The maximum Gasteiger partial charge on any atom is 0.229 e. The maximum atomic E-state index is 9.76. The lowest BCUT2D eigenvalue weighted by molar-refractivity contribution is 0.140. The fraction of sp³-hybridized carbons (Fsp3) is 0.217. The minimum absolute atomic E-state index is 0.345. The van der Waals surface area contributed by atoms with Gasteiger partial charge in [0.05, 0.1) is 23.7 Å². The maximum absolute atomic E-state index is 9.76. The van der Waals surface area contributed by atoms with Crippen molar-refractivity contribution in [1.29, 1.82) is 0 Å². The van der Waals surface area contributed by atoms with E-state index in [9.17, 15) is 5.11 Å². The summed E-state index contributed by atoms with van der Waals surface area (Å²) in [5, 5.41) is 13.1. The molecule has 1 aliphatic heterocycles. The van der Waals surface area contributed by atoms with E-state index in [4.69, 9.17) is 9.97 Å². The molecule has 1 saturated heterocycles. The molecule has 0 saturated carbocycles. The molecule has 0 radical (unpaired) electrons. The van der Waals surface area contributed by atoms with E-state index < -0.39 is 0 Å². The number of aryl methyl sites for hydroxylation is 1. The van der Waals surface area contributed by atoms with Crippen molar-refractivity contribution in [2.24, 2.45) is 0 Å². The zero-order valence-electron chi connectivity index (χ0n) is 17.5. The van der Waals surface area contributed by atoms with Crippen molar-refractivity contribution in [1.82, 2.24) is 29.5 Å². The summed E-state index contributed by atoms with van der Waals surface area (Å²) in [5.74, 6) is 2.03. The smallest absolute Gasteiger partial charge is 0.229 e. The minimum atomic E-state index is -0.345. The molecular formula is C23H22N8O. The Balaban J connectivity index is 1.40. The van der Waals surface area contributed by atoms with Crippen LogP contribution in [0.15, 0.2) is 54.9 Å². The van der Waals surface area contributed by atoms with Gasteiger partial charge in [0.1, 0.15) is 12.2 Å². The molecule has 1 aliphatic rings. The number of fused-ring (bicyclic) bond motifs is 2. The average molecular weight is 426 g/mol. The molecule has 6 rings (SSSR count). The Morgan fingerprint density at radius 1 is 1.09 bits per heavy atom. The van der Waals surface area contributed by atoms with Gasteiger partial charge in [-0.3, -0.25) is 4.57 Å². The second-order valence-corrected chi connectivity index (χ2v) is 8.11. The van der Waals surface area contributed by atoms with Gasteiger partial charge < -0.3 is 20.3 Å². The number of aromatic amines is 1. The number of benzene rings is 2. The molecule has 0 amide bonds. The zero-order valence-corrected chi connectivity index (χ0v) is 17.5. The highest BCUT2D eigenvalue weighted by Crippen LogP contribution is 2.27. The predicted octanol–water partition coefficient (Wildman–Crippen LogP) is 2.79. The van der Waals surface area contributed by atoms with Gasteiger partial charge in [0.25, 0.3) is 0 Å². The highest BCUT2D eigenvalue weighted by Gasteiger charge is 2.28. The largest absolute Gasteiger partial charge is 0.389 e. The van der Waals surface area contributed by atoms with Crippen molar-refractivity contribution in [2.75, 3.05) is 23.3 Å². The molecule has 9 nitrogen and oxygen atoms in total. The molecule has 0 bridgehead atoms. The van der Waals surface area contributed by atoms with Crippen LogP contribution < -0.4 is 10.2 Å². The third-order valence-corrected chi connectivity index (χ3v) is 5.67. The van der Waals surface area contributed by atoms with Gasteiger partial charge in [-0.05, 0) is 36.8 Å². The summed E-state index contributed by atoms with van der Waals surface area (Å²) in [6, 6.07) is 16.1. The van der Waals surface area contributed by atoms with Crippen LogP contribution in [0.4, 0.5) is 11.8 Å². The van der Waals surface area contributed by atoms with Gasteiger partial charge in [0, 0.05) is 18.8 Å². The van der Waals surface area contributed by atoms with Gasteiger partial charge >= 0.3 is 0 Å². The number of aliphatic hydroxyl groups excluding tert-OH is 1. The first kappa shape index (κ1) is 18.8. The third kappa shape index (κ3) is 3.23. The van der Waals surface area contributed by atoms with Gasteiger partial charge in [0.15, 0.2) is 17.0 Å². The number of β-amino-alcohol motifs (C(OH)–C–C–N with tert-alkyl or cyclic N) is 1. The molecule has 3 N–H and O–H groups in total. The topological polar surface area (TPSA) is 108 Å². The number of rotatable bonds is 5. The lowest BCUT2D eigenvalue weighted by atomic mass is 10.2. The van der Waals surface area contributed by atoms with E-state index in [2.05, 4.69) is 39.3 Å². The lowest BCUT2D eigenvalue weighted by Gasteiger charge is -2.35. The van der Waals surface area contributed by atoms with Crippen molar-refractivity contribution in [2.45, 2.75) is 19.6 Å². The van der Waals surface area contributed by atoms with Gasteiger partial charge in [-0.1, -0.05) is 24.3 Å². The molecule has 0 atom stereocenters. The van der Waals surface area contributed by atoms with E-state index in [1.807, 2.05) is 45.9 Å². The lowest BCUT2D eigenvalue weighted by Crippen LogP contribution is -2.51. The molecule has 160 valence electrons. The van der Waals surface area contributed by atoms with E-state index in [-0.39, 0.29) is 6.10 Å². The first-order valence-electron chi connectivity index (χ1n) is 10.6. The minimum Gasteiger partial charge on any atom is -0.389 e. The molecule has 2 aromatic carbocycles. The van der Waals surface area contributed by atoms with Gasteiger partial charge in [-0.25, -0.2) is 9.97 Å². The van der Waals surface area contributed by atoms with Crippen molar-refractivity contribution in [3.8, 4) is 5.69 Å². The number of nitrogens with one attached hydrogen (secondary N) is 2. The van der Waals surface area contributed by atoms with Crippen LogP contribution in [-0.4, -0.2) is 53.8 Å². The second-order valence-electron chi connectivity index (χ2n) is 8.11. The molecular weight excluding hydrogens is 404 g/mol. The van der Waals surface area contributed by atoms with Gasteiger partial charge in [0.2, 0.25) is 5.95 Å². The summed E-state index contributed by atoms with van der Waals surface area (Å²) in [5.41, 5.74) is 5.48. The van der Waals surface area contributed by atoms with Crippen LogP contribution in [0.5, 0.6) is 0 Å². The molecule has 0 aliphatic carbocycles. The number of hydrogen-bond acceptors (Lipinski definition) is 7. The Hall–Kier alpha value is -3.98. The monoisotopic (exact) mass is 426 g/mol. The second kappa shape index (κ2) is 7.31. The SMILES string of the molecule is Cc1cccc(-n2cnc3c(NCc4nc5ccccc5[nH]4)nc(N4CC(O)C4)nc32)c1. The Labute approximate surface area is 183 Å². The summed E-state index contributed by atoms with van der Waals surface area (Å²) in [6.07, 6.45) is 1.43.